The van der Waals surface area contributed by atoms with E-state index in [1.807, 2.05) is 6.07 Å². The number of nitrogens with zero attached hydrogens (tertiary/aromatic N) is 5. The molecule has 0 atom stereocenters. The molecule has 1 saturated heterocycles. The lowest BCUT2D eigenvalue weighted by molar-refractivity contribution is 0.0800. The minimum atomic E-state index is -0.870. The standard InChI is InChI=1S/C22H26F2N6O/c1-22(2,31)11-16-10-18-19(12-26-16)27-20(25)21(28-18)30-7-5-29(6-8-30)13-14-3-4-15(23)9-17(14)24/h3-4,9-10,12,31H,5-8,11,13H2,1-2H3,(H2,25,27). The maximum absolute atomic E-state index is 14.0. The van der Waals surface area contributed by atoms with Crippen LogP contribution in [0.2, 0.25) is 0 Å². The highest BCUT2D eigenvalue weighted by atomic mass is 19.1. The second-order valence-electron chi connectivity index (χ2n) is 8.58. The third-order valence-corrected chi connectivity index (χ3v) is 5.31. The predicted octanol–water partition coefficient (Wildman–Crippen LogP) is 2.52. The van der Waals surface area contributed by atoms with Crippen molar-refractivity contribution in [1.82, 2.24) is 19.9 Å². The van der Waals surface area contributed by atoms with Gasteiger partial charge in [0.2, 0.25) is 0 Å². The van der Waals surface area contributed by atoms with Crippen molar-refractivity contribution in [2.45, 2.75) is 32.4 Å². The summed E-state index contributed by atoms with van der Waals surface area (Å²) < 4.78 is 27.1. The number of nitrogens with two attached hydrogens (primary N) is 1. The van der Waals surface area contributed by atoms with E-state index in [0.717, 1.165) is 11.8 Å². The Bertz CT molecular complexity index is 1090. The van der Waals surface area contributed by atoms with Gasteiger partial charge in [0.25, 0.3) is 0 Å². The lowest BCUT2D eigenvalue weighted by Gasteiger charge is -2.35. The quantitative estimate of drug-likeness (QED) is 0.645. The summed E-state index contributed by atoms with van der Waals surface area (Å²) in [5.41, 5.74) is 7.79. The Morgan fingerprint density at radius 1 is 1.06 bits per heavy atom. The second kappa shape index (κ2) is 8.32. The molecular formula is C22H26F2N6O. The Labute approximate surface area is 179 Å². The summed E-state index contributed by atoms with van der Waals surface area (Å²) in [4.78, 5) is 17.7. The number of hydrogen-bond acceptors (Lipinski definition) is 7. The number of nitrogen functional groups attached to an aromatic ring is 1. The molecule has 4 rings (SSSR count). The van der Waals surface area contributed by atoms with Crippen LogP contribution in [0.4, 0.5) is 20.4 Å². The van der Waals surface area contributed by atoms with Gasteiger partial charge >= 0.3 is 0 Å². The molecule has 1 fully saturated rings. The van der Waals surface area contributed by atoms with Gasteiger partial charge in [0, 0.05) is 56.5 Å². The van der Waals surface area contributed by atoms with E-state index in [9.17, 15) is 13.9 Å². The van der Waals surface area contributed by atoms with Crippen molar-refractivity contribution in [3.05, 3.63) is 53.4 Å². The number of benzene rings is 1. The Hall–Kier alpha value is -2.91. The number of hydrogen-bond donors (Lipinski definition) is 2. The topological polar surface area (TPSA) is 91.4 Å². The Balaban J connectivity index is 1.48. The number of aromatic nitrogens is 3. The third-order valence-electron chi connectivity index (χ3n) is 5.31. The number of rotatable bonds is 5. The number of anilines is 2. The third kappa shape index (κ3) is 5.05. The molecule has 31 heavy (non-hydrogen) atoms. The smallest absolute Gasteiger partial charge is 0.172 e. The van der Waals surface area contributed by atoms with Crippen molar-refractivity contribution in [3.8, 4) is 0 Å². The van der Waals surface area contributed by atoms with Gasteiger partial charge in [0.1, 0.15) is 17.2 Å². The molecule has 0 aliphatic carbocycles. The fourth-order valence-electron chi connectivity index (χ4n) is 3.79. The zero-order valence-corrected chi connectivity index (χ0v) is 17.6. The first-order chi connectivity index (χ1) is 14.7. The summed E-state index contributed by atoms with van der Waals surface area (Å²) in [6.07, 6.45) is 2.03. The molecule has 3 heterocycles. The monoisotopic (exact) mass is 428 g/mol. The van der Waals surface area contributed by atoms with Crippen molar-refractivity contribution < 1.29 is 13.9 Å². The van der Waals surface area contributed by atoms with Gasteiger partial charge in [-0.15, -0.1) is 0 Å². The van der Waals surface area contributed by atoms with E-state index < -0.39 is 17.2 Å². The summed E-state index contributed by atoms with van der Waals surface area (Å²) in [5, 5.41) is 10.1. The van der Waals surface area contributed by atoms with Gasteiger partial charge in [0.05, 0.1) is 17.3 Å². The summed E-state index contributed by atoms with van der Waals surface area (Å²) in [6.45, 7) is 6.59. The number of halogens is 2. The van der Waals surface area contributed by atoms with Gasteiger partial charge in [-0.2, -0.15) is 0 Å². The lowest BCUT2D eigenvalue weighted by Crippen LogP contribution is -2.46. The fourth-order valence-corrected chi connectivity index (χ4v) is 3.79. The molecule has 2 aromatic heterocycles. The normalized spacial score (nSPS) is 15.6. The lowest BCUT2D eigenvalue weighted by atomic mass is 10.0. The summed E-state index contributed by atoms with van der Waals surface area (Å²) in [6, 6.07) is 5.51. The van der Waals surface area contributed by atoms with Crippen LogP contribution in [0.15, 0.2) is 30.5 Å². The van der Waals surface area contributed by atoms with Crippen LogP contribution in [0, 0.1) is 11.6 Å². The Kier molecular flexibility index (Phi) is 5.72. The van der Waals surface area contributed by atoms with E-state index in [-0.39, 0.29) is 0 Å². The Morgan fingerprint density at radius 2 is 1.81 bits per heavy atom. The fraction of sp³-hybridized carbons (Fsp3) is 0.409. The van der Waals surface area contributed by atoms with Crippen molar-refractivity contribution in [2.24, 2.45) is 0 Å². The van der Waals surface area contributed by atoms with Crippen LogP contribution in [-0.4, -0.2) is 56.7 Å². The van der Waals surface area contributed by atoms with Crippen LogP contribution < -0.4 is 10.6 Å². The van der Waals surface area contributed by atoms with Crippen molar-refractivity contribution >= 4 is 22.7 Å². The largest absolute Gasteiger partial charge is 0.390 e. The molecular weight excluding hydrogens is 402 g/mol. The number of fused-ring (bicyclic) bond motifs is 1. The first-order valence-electron chi connectivity index (χ1n) is 10.2. The number of piperazine rings is 1. The highest BCUT2D eigenvalue weighted by Crippen LogP contribution is 2.25. The van der Waals surface area contributed by atoms with Crippen molar-refractivity contribution in [3.63, 3.8) is 0 Å². The highest BCUT2D eigenvalue weighted by molar-refractivity contribution is 5.79. The maximum Gasteiger partial charge on any atom is 0.172 e. The first kappa shape index (κ1) is 21.3. The molecule has 1 aromatic carbocycles. The zero-order chi connectivity index (χ0) is 22.2. The Morgan fingerprint density at radius 3 is 2.48 bits per heavy atom. The molecule has 1 aliphatic rings. The van der Waals surface area contributed by atoms with E-state index in [4.69, 9.17) is 10.7 Å². The molecule has 7 nitrogen and oxygen atoms in total. The predicted molar refractivity (Wildman–Crippen MR) is 116 cm³/mol. The molecule has 0 amide bonds. The molecule has 0 saturated carbocycles. The van der Waals surface area contributed by atoms with Crippen molar-refractivity contribution in [1.29, 1.82) is 0 Å². The minimum Gasteiger partial charge on any atom is -0.390 e. The van der Waals surface area contributed by atoms with Crippen molar-refractivity contribution in [2.75, 3.05) is 36.8 Å². The molecule has 9 heteroatoms. The van der Waals surface area contributed by atoms with E-state index in [2.05, 4.69) is 19.8 Å². The summed E-state index contributed by atoms with van der Waals surface area (Å²) in [7, 11) is 0. The van der Waals surface area contributed by atoms with Gasteiger partial charge in [-0.25, -0.2) is 18.7 Å². The van der Waals surface area contributed by atoms with Crippen LogP contribution in [-0.2, 0) is 13.0 Å². The second-order valence-corrected chi connectivity index (χ2v) is 8.58. The molecule has 1 aliphatic heterocycles. The van der Waals surface area contributed by atoms with E-state index in [1.54, 1.807) is 20.0 Å². The maximum atomic E-state index is 14.0. The van der Waals surface area contributed by atoms with Crippen LogP contribution in [0.1, 0.15) is 25.1 Å². The van der Waals surface area contributed by atoms with E-state index in [1.165, 1.54) is 12.1 Å². The molecule has 0 unspecified atom stereocenters. The van der Waals surface area contributed by atoms with E-state index in [0.29, 0.717) is 67.4 Å². The van der Waals surface area contributed by atoms with Crippen LogP contribution in [0.5, 0.6) is 0 Å². The zero-order valence-electron chi connectivity index (χ0n) is 17.6. The van der Waals surface area contributed by atoms with Crippen LogP contribution >= 0.6 is 0 Å². The molecule has 164 valence electrons. The molecule has 0 bridgehead atoms. The average Bonchev–Trinajstić information content (AvgIpc) is 2.69. The van der Waals surface area contributed by atoms with Crippen LogP contribution in [0.25, 0.3) is 11.0 Å². The summed E-state index contributed by atoms with van der Waals surface area (Å²) in [5.74, 6) is -0.150. The van der Waals surface area contributed by atoms with Gasteiger partial charge in [-0.3, -0.25) is 9.88 Å². The van der Waals surface area contributed by atoms with Gasteiger partial charge < -0.3 is 15.7 Å². The summed E-state index contributed by atoms with van der Waals surface area (Å²) >= 11 is 0. The minimum absolute atomic E-state index is 0.336. The average molecular weight is 428 g/mol. The molecule has 3 N–H and O–H groups in total. The molecule has 3 aromatic rings. The number of aliphatic hydroxyl groups is 1. The number of pyridine rings is 1. The first-order valence-corrected chi connectivity index (χ1v) is 10.2. The van der Waals surface area contributed by atoms with Gasteiger partial charge in [0.15, 0.2) is 11.6 Å². The van der Waals surface area contributed by atoms with E-state index >= 15 is 0 Å². The van der Waals surface area contributed by atoms with Gasteiger partial charge in [-0.05, 0) is 26.0 Å². The molecule has 0 radical (unpaired) electrons. The van der Waals surface area contributed by atoms with Gasteiger partial charge in [-0.1, -0.05) is 6.07 Å². The SMILES string of the molecule is CC(C)(O)Cc1cc2nc(N3CCN(Cc4ccc(F)cc4F)CC3)c(N)nc2cn1. The highest BCUT2D eigenvalue weighted by Gasteiger charge is 2.22. The molecule has 0 spiro atoms. The van der Waals surface area contributed by atoms with Crippen LogP contribution in [0.3, 0.4) is 0 Å².